The molecule has 144 valence electrons. The standard InChI is InChI=1S/C22H18N4O3/c1-11-4-3-5-14-15(9-23-20(11)14)18-19(22(29)24-21(18)28)17-12(2)25-26-7-6-13(10-27)8-16(17)26/h3-9,23,27H,10H2,1-2H3,(H,24,28,29). The third-order valence-electron chi connectivity index (χ3n) is 5.43. The molecule has 0 unspecified atom stereocenters. The number of amides is 2. The van der Waals surface area contributed by atoms with Crippen molar-refractivity contribution in [3.63, 3.8) is 0 Å². The number of carbonyl (C=O) groups excluding carboxylic acids is 2. The van der Waals surface area contributed by atoms with Crippen LogP contribution in [0.25, 0.3) is 27.6 Å². The van der Waals surface area contributed by atoms with E-state index in [-0.39, 0.29) is 6.61 Å². The molecule has 7 nitrogen and oxygen atoms in total. The summed E-state index contributed by atoms with van der Waals surface area (Å²) in [6.45, 7) is 3.67. The zero-order valence-corrected chi connectivity index (χ0v) is 15.9. The van der Waals surface area contributed by atoms with E-state index in [4.69, 9.17) is 0 Å². The molecular formula is C22H18N4O3. The number of pyridine rings is 1. The molecule has 0 radical (unpaired) electrons. The van der Waals surface area contributed by atoms with Gasteiger partial charge < -0.3 is 10.1 Å². The number of benzene rings is 1. The van der Waals surface area contributed by atoms with Gasteiger partial charge in [-0.15, -0.1) is 0 Å². The van der Waals surface area contributed by atoms with E-state index >= 15 is 0 Å². The van der Waals surface area contributed by atoms with Crippen LogP contribution in [0.1, 0.15) is 27.9 Å². The summed E-state index contributed by atoms with van der Waals surface area (Å²) in [5, 5.41) is 17.3. The smallest absolute Gasteiger partial charge is 0.259 e. The largest absolute Gasteiger partial charge is 0.392 e. The van der Waals surface area contributed by atoms with Crippen molar-refractivity contribution in [3.05, 3.63) is 70.7 Å². The number of nitrogens with zero attached hydrogens (tertiary/aromatic N) is 2. The number of aryl methyl sites for hydroxylation is 2. The zero-order valence-electron chi connectivity index (χ0n) is 15.9. The van der Waals surface area contributed by atoms with Gasteiger partial charge in [0.25, 0.3) is 11.8 Å². The monoisotopic (exact) mass is 386 g/mol. The number of H-pyrrole nitrogens is 1. The Morgan fingerprint density at radius 1 is 1.10 bits per heavy atom. The first-order valence-corrected chi connectivity index (χ1v) is 9.25. The third-order valence-corrected chi connectivity index (χ3v) is 5.43. The highest BCUT2D eigenvalue weighted by molar-refractivity contribution is 6.50. The summed E-state index contributed by atoms with van der Waals surface area (Å²) in [6.07, 6.45) is 3.51. The fraction of sp³-hybridized carbons (Fsp3) is 0.136. The van der Waals surface area contributed by atoms with E-state index < -0.39 is 11.8 Å². The van der Waals surface area contributed by atoms with Crippen LogP contribution >= 0.6 is 0 Å². The molecule has 7 heteroatoms. The van der Waals surface area contributed by atoms with Crippen molar-refractivity contribution in [2.24, 2.45) is 0 Å². The number of hydrogen-bond acceptors (Lipinski definition) is 4. The number of hydrogen-bond donors (Lipinski definition) is 3. The highest BCUT2D eigenvalue weighted by Crippen LogP contribution is 2.38. The van der Waals surface area contributed by atoms with Crippen molar-refractivity contribution in [1.82, 2.24) is 19.9 Å². The van der Waals surface area contributed by atoms with Gasteiger partial charge in [-0.1, -0.05) is 18.2 Å². The number of para-hydroxylation sites is 1. The number of aliphatic hydroxyl groups is 1. The molecule has 29 heavy (non-hydrogen) atoms. The number of aromatic amines is 1. The molecule has 0 aliphatic carbocycles. The average molecular weight is 386 g/mol. The SMILES string of the molecule is Cc1nn2ccc(CO)cc2c1C1=C(c2c[nH]c3c(C)cccc23)C(=O)NC1=O. The van der Waals surface area contributed by atoms with E-state index in [1.54, 1.807) is 36.0 Å². The second kappa shape index (κ2) is 6.15. The van der Waals surface area contributed by atoms with Gasteiger partial charge in [-0.25, -0.2) is 4.52 Å². The fourth-order valence-corrected chi connectivity index (χ4v) is 4.08. The number of imide groups is 1. The Morgan fingerprint density at radius 2 is 1.90 bits per heavy atom. The van der Waals surface area contributed by atoms with Gasteiger partial charge in [0.05, 0.1) is 29.0 Å². The molecule has 4 heterocycles. The van der Waals surface area contributed by atoms with Gasteiger partial charge in [0.15, 0.2) is 0 Å². The third kappa shape index (κ3) is 2.44. The quantitative estimate of drug-likeness (QED) is 0.471. The molecular weight excluding hydrogens is 368 g/mol. The number of nitrogens with one attached hydrogen (secondary N) is 2. The maximum atomic E-state index is 12.9. The predicted octanol–water partition coefficient (Wildman–Crippen LogP) is 2.49. The maximum Gasteiger partial charge on any atom is 0.259 e. The van der Waals surface area contributed by atoms with E-state index in [0.717, 1.165) is 16.5 Å². The summed E-state index contributed by atoms with van der Waals surface area (Å²) >= 11 is 0. The molecule has 5 rings (SSSR count). The molecule has 0 atom stereocenters. The molecule has 0 bridgehead atoms. The fourth-order valence-electron chi connectivity index (χ4n) is 4.08. The molecule has 0 spiro atoms. The van der Waals surface area contributed by atoms with Crippen LogP contribution in [0.4, 0.5) is 0 Å². The summed E-state index contributed by atoms with van der Waals surface area (Å²) in [5.41, 5.74) is 5.91. The summed E-state index contributed by atoms with van der Waals surface area (Å²) < 4.78 is 1.66. The topological polar surface area (TPSA) is 99.5 Å². The normalized spacial score (nSPS) is 14.4. The summed E-state index contributed by atoms with van der Waals surface area (Å²) in [5.74, 6) is -0.871. The lowest BCUT2D eigenvalue weighted by Crippen LogP contribution is -2.22. The Morgan fingerprint density at radius 3 is 2.69 bits per heavy atom. The zero-order chi connectivity index (χ0) is 20.3. The summed E-state index contributed by atoms with van der Waals surface area (Å²) in [6, 6.07) is 9.40. The molecule has 0 fully saturated rings. The van der Waals surface area contributed by atoms with Crippen LogP contribution in [0, 0.1) is 13.8 Å². The Kier molecular flexibility index (Phi) is 3.69. The highest BCUT2D eigenvalue weighted by Gasteiger charge is 2.36. The molecule has 1 aliphatic rings. The van der Waals surface area contributed by atoms with E-state index in [1.165, 1.54) is 0 Å². The minimum absolute atomic E-state index is 0.126. The van der Waals surface area contributed by atoms with Crippen LogP contribution in [-0.2, 0) is 16.2 Å². The van der Waals surface area contributed by atoms with Crippen molar-refractivity contribution in [1.29, 1.82) is 0 Å². The molecule has 2 amide bonds. The van der Waals surface area contributed by atoms with Crippen LogP contribution in [-0.4, -0.2) is 31.5 Å². The molecule has 1 aromatic carbocycles. The van der Waals surface area contributed by atoms with Gasteiger partial charge in [0.1, 0.15) is 0 Å². The second-order valence-corrected chi connectivity index (χ2v) is 7.22. The van der Waals surface area contributed by atoms with Crippen molar-refractivity contribution >= 4 is 39.4 Å². The summed E-state index contributed by atoms with van der Waals surface area (Å²) in [7, 11) is 0. The average Bonchev–Trinajstić information content (AvgIpc) is 3.34. The first kappa shape index (κ1) is 17.4. The molecule has 3 aromatic heterocycles. The molecule has 0 saturated heterocycles. The van der Waals surface area contributed by atoms with Crippen molar-refractivity contribution in [2.45, 2.75) is 20.5 Å². The van der Waals surface area contributed by atoms with Crippen molar-refractivity contribution in [2.75, 3.05) is 0 Å². The molecule has 0 saturated carbocycles. The summed E-state index contributed by atoms with van der Waals surface area (Å²) in [4.78, 5) is 28.9. The van der Waals surface area contributed by atoms with E-state index in [0.29, 0.717) is 39.0 Å². The van der Waals surface area contributed by atoms with Gasteiger partial charge in [0.2, 0.25) is 0 Å². The number of aromatic nitrogens is 3. The highest BCUT2D eigenvalue weighted by atomic mass is 16.3. The van der Waals surface area contributed by atoms with Gasteiger partial charge in [0, 0.05) is 34.4 Å². The molecule has 3 N–H and O–H groups in total. The number of carbonyl (C=O) groups is 2. The lowest BCUT2D eigenvalue weighted by Gasteiger charge is -2.05. The minimum atomic E-state index is -0.445. The van der Waals surface area contributed by atoms with Crippen LogP contribution in [0.3, 0.4) is 0 Å². The minimum Gasteiger partial charge on any atom is -0.392 e. The number of fused-ring (bicyclic) bond motifs is 2. The Bertz CT molecular complexity index is 1370. The van der Waals surface area contributed by atoms with Crippen molar-refractivity contribution < 1.29 is 14.7 Å². The first-order valence-electron chi connectivity index (χ1n) is 9.25. The maximum absolute atomic E-state index is 12.9. The Labute approximate surface area is 165 Å². The van der Waals surface area contributed by atoms with Crippen LogP contribution in [0.2, 0.25) is 0 Å². The Balaban J connectivity index is 1.86. The van der Waals surface area contributed by atoms with Gasteiger partial charge in [-0.3, -0.25) is 14.9 Å². The van der Waals surface area contributed by atoms with Crippen molar-refractivity contribution in [3.8, 4) is 0 Å². The number of rotatable bonds is 3. The van der Waals surface area contributed by atoms with Gasteiger partial charge in [-0.2, -0.15) is 5.10 Å². The Hall–Kier alpha value is -3.71. The number of aliphatic hydroxyl groups excluding tert-OH is 1. The second-order valence-electron chi connectivity index (χ2n) is 7.22. The first-order chi connectivity index (χ1) is 14.0. The van der Waals surface area contributed by atoms with Gasteiger partial charge in [-0.05, 0) is 37.1 Å². The van der Waals surface area contributed by atoms with Crippen LogP contribution < -0.4 is 5.32 Å². The van der Waals surface area contributed by atoms with Crippen LogP contribution in [0.5, 0.6) is 0 Å². The van der Waals surface area contributed by atoms with E-state index in [9.17, 15) is 14.7 Å². The molecule has 1 aliphatic heterocycles. The van der Waals surface area contributed by atoms with Gasteiger partial charge >= 0.3 is 0 Å². The predicted molar refractivity (Wildman–Crippen MR) is 109 cm³/mol. The van der Waals surface area contributed by atoms with E-state index in [2.05, 4.69) is 15.4 Å². The lowest BCUT2D eigenvalue weighted by molar-refractivity contribution is -0.122. The lowest BCUT2D eigenvalue weighted by atomic mass is 9.94. The van der Waals surface area contributed by atoms with E-state index in [1.807, 2.05) is 25.1 Å². The molecule has 4 aromatic rings. The van der Waals surface area contributed by atoms with Crippen LogP contribution in [0.15, 0.2) is 42.7 Å².